The summed E-state index contributed by atoms with van der Waals surface area (Å²) in [5.74, 6) is 6.59. The molecule has 0 saturated heterocycles. The highest BCUT2D eigenvalue weighted by Crippen LogP contribution is 2.15. The maximum Gasteiger partial charge on any atom is 0.115 e. The van der Waals surface area contributed by atoms with Gasteiger partial charge in [-0.05, 0) is 6.42 Å². The number of nitrogens with one attached hydrogen (secondary N) is 1. The Balaban J connectivity index is 1.99. The monoisotopic (exact) mass is 232 g/mol. The van der Waals surface area contributed by atoms with Crippen molar-refractivity contribution in [2.75, 3.05) is 0 Å². The van der Waals surface area contributed by atoms with Crippen LogP contribution in [0.2, 0.25) is 0 Å². The first-order valence-electron chi connectivity index (χ1n) is 5.48. The summed E-state index contributed by atoms with van der Waals surface area (Å²) in [6.45, 7) is 0. The minimum absolute atomic E-state index is 0.0490. The molecule has 3 N–H and O–H groups in total. The predicted molar refractivity (Wildman–Crippen MR) is 63.6 cm³/mol. The Bertz CT molecular complexity index is 452. The summed E-state index contributed by atoms with van der Waals surface area (Å²) in [4.78, 5) is 12.3. The van der Waals surface area contributed by atoms with Gasteiger partial charge in [0.05, 0.1) is 0 Å². The average Bonchev–Trinajstić information content (AvgIpc) is 2.77. The third-order valence-corrected chi connectivity index (χ3v) is 2.76. The summed E-state index contributed by atoms with van der Waals surface area (Å²) in [5, 5.41) is 0. The topological polar surface area (TPSA) is 81.7 Å². The second-order valence-electron chi connectivity index (χ2n) is 3.88. The highest BCUT2D eigenvalue weighted by Gasteiger charge is 2.11. The van der Waals surface area contributed by atoms with Crippen LogP contribution >= 0.6 is 0 Å². The molecule has 90 valence electrons. The van der Waals surface area contributed by atoms with Crippen molar-refractivity contribution >= 4 is 0 Å². The lowest BCUT2D eigenvalue weighted by atomic mass is 10.1. The molecule has 17 heavy (non-hydrogen) atoms. The van der Waals surface area contributed by atoms with E-state index in [1.807, 2.05) is 17.8 Å². The molecule has 1 unspecified atom stereocenters. The highest BCUT2D eigenvalue weighted by molar-refractivity contribution is 5.09. The molecule has 2 aromatic rings. The molecule has 0 saturated carbocycles. The van der Waals surface area contributed by atoms with E-state index in [0.717, 1.165) is 24.2 Å². The van der Waals surface area contributed by atoms with Crippen LogP contribution in [-0.4, -0.2) is 19.5 Å². The van der Waals surface area contributed by atoms with Gasteiger partial charge in [-0.3, -0.25) is 11.3 Å². The van der Waals surface area contributed by atoms with Crippen LogP contribution in [0, 0.1) is 0 Å². The zero-order chi connectivity index (χ0) is 12.1. The molecule has 0 spiro atoms. The smallest absolute Gasteiger partial charge is 0.115 e. The van der Waals surface area contributed by atoms with Crippen LogP contribution in [0.5, 0.6) is 0 Å². The maximum absolute atomic E-state index is 5.55. The Morgan fingerprint density at radius 3 is 2.76 bits per heavy atom. The van der Waals surface area contributed by atoms with Crippen molar-refractivity contribution in [1.82, 2.24) is 24.9 Å². The van der Waals surface area contributed by atoms with Crippen LogP contribution in [0.4, 0.5) is 0 Å². The van der Waals surface area contributed by atoms with Gasteiger partial charge < -0.3 is 4.57 Å². The van der Waals surface area contributed by atoms with Crippen molar-refractivity contribution in [3.05, 3.63) is 42.5 Å². The van der Waals surface area contributed by atoms with Crippen molar-refractivity contribution in [3.63, 3.8) is 0 Å². The number of hydrazine groups is 1. The van der Waals surface area contributed by atoms with Gasteiger partial charge >= 0.3 is 0 Å². The third kappa shape index (κ3) is 2.86. The van der Waals surface area contributed by atoms with Crippen molar-refractivity contribution in [2.45, 2.75) is 18.9 Å². The molecule has 0 aromatic carbocycles. The van der Waals surface area contributed by atoms with E-state index in [-0.39, 0.29) is 6.04 Å². The van der Waals surface area contributed by atoms with E-state index in [1.165, 1.54) is 6.33 Å². The number of nitrogens with zero attached hydrogens (tertiary/aromatic N) is 4. The molecule has 1 atom stereocenters. The second-order valence-corrected chi connectivity index (χ2v) is 3.88. The Kier molecular flexibility index (Phi) is 3.79. The maximum atomic E-state index is 5.55. The molecule has 0 bridgehead atoms. The van der Waals surface area contributed by atoms with Crippen LogP contribution in [0.3, 0.4) is 0 Å². The SMILES string of the molecule is Cn1ccnc1CCC(NN)c1cncnc1. The second kappa shape index (κ2) is 5.51. The lowest BCUT2D eigenvalue weighted by Crippen LogP contribution is -2.28. The lowest BCUT2D eigenvalue weighted by molar-refractivity contribution is 0.503. The molecule has 6 heteroatoms. The molecule has 0 amide bonds. The molecule has 0 fully saturated rings. The van der Waals surface area contributed by atoms with Gasteiger partial charge in [0.2, 0.25) is 0 Å². The summed E-state index contributed by atoms with van der Waals surface area (Å²) in [6.07, 6.45) is 10.5. The number of aromatic nitrogens is 4. The summed E-state index contributed by atoms with van der Waals surface area (Å²) >= 11 is 0. The van der Waals surface area contributed by atoms with Gasteiger partial charge in [-0.1, -0.05) is 0 Å². The zero-order valence-corrected chi connectivity index (χ0v) is 9.74. The van der Waals surface area contributed by atoms with E-state index in [2.05, 4.69) is 20.4 Å². The Hall–Kier alpha value is -1.79. The Labute approximate surface area is 99.9 Å². The first-order chi connectivity index (χ1) is 8.31. The number of rotatable bonds is 5. The molecule has 0 aliphatic carbocycles. The minimum Gasteiger partial charge on any atom is -0.338 e. The molecule has 0 aliphatic heterocycles. The largest absolute Gasteiger partial charge is 0.338 e. The zero-order valence-electron chi connectivity index (χ0n) is 9.74. The molecule has 2 heterocycles. The number of imidazole rings is 1. The Morgan fingerprint density at radius 2 is 2.18 bits per heavy atom. The molecule has 0 aliphatic rings. The molecule has 2 rings (SSSR count). The quantitative estimate of drug-likeness (QED) is 0.574. The van der Waals surface area contributed by atoms with Gasteiger partial charge in [-0.15, -0.1) is 0 Å². The van der Waals surface area contributed by atoms with E-state index < -0.39 is 0 Å². The van der Waals surface area contributed by atoms with Crippen molar-refractivity contribution in [1.29, 1.82) is 0 Å². The van der Waals surface area contributed by atoms with Gasteiger partial charge in [0.15, 0.2) is 0 Å². The van der Waals surface area contributed by atoms with Crippen molar-refractivity contribution < 1.29 is 0 Å². The minimum atomic E-state index is 0.0490. The summed E-state index contributed by atoms with van der Waals surface area (Å²) < 4.78 is 2.01. The van der Waals surface area contributed by atoms with E-state index in [4.69, 9.17) is 5.84 Å². The van der Waals surface area contributed by atoms with Crippen molar-refractivity contribution in [2.24, 2.45) is 12.9 Å². The fraction of sp³-hybridized carbons (Fsp3) is 0.364. The molecule has 0 radical (unpaired) electrons. The lowest BCUT2D eigenvalue weighted by Gasteiger charge is -2.14. The standard InChI is InChI=1S/C11H16N6/c1-17-5-4-15-11(17)3-2-10(16-12)9-6-13-8-14-7-9/h4-8,10,16H,2-3,12H2,1H3. The van der Waals surface area contributed by atoms with Crippen LogP contribution in [-0.2, 0) is 13.5 Å². The first-order valence-corrected chi connectivity index (χ1v) is 5.48. The van der Waals surface area contributed by atoms with Gasteiger partial charge in [-0.25, -0.2) is 15.0 Å². The summed E-state index contributed by atoms with van der Waals surface area (Å²) in [5.41, 5.74) is 3.77. The fourth-order valence-corrected chi connectivity index (χ4v) is 1.75. The normalized spacial score (nSPS) is 12.6. The van der Waals surface area contributed by atoms with Gasteiger partial charge in [0.25, 0.3) is 0 Å². The summed E-state index contributed by atoms with van der Waals surface area (Å²) in [7, 11) is 1.98. The van der Waals surface area contributed by atoms with E-state index in [1.54, 1.807) is 18.6 Å². The number of hydrogen-bond donors (Lipinski definition) is 2. The average molecular weight is 232 g/mol. The third-order valence-electron chi connectivity index (χ3n) is 2.76. The molecule has 2 aromatic heterocycles. The Morgan fingerprint density at radius 1 is 1.41 bits per heavy atom. The van der Waals surface area contributed by atoms with Crippen LogP contribution in [0.1, 0.15) is 23.9 Å². The first kappa shape index (κ1) is 11.7. The number of nitrogens with two attached hydrogens (primary N) is 1. The fourth-order valence-electron chi connectivity index (χ4n) is 1.75. The van der Waals surface area contributed by atoms with Crippen molar-refractivity contribution in [3.8, 4) is 0 Å². The number of hydrogen-bond acceptors (Lipinski definition) is 5. The highest BCUT2D eigenvalue weighted by atomic mass is 15.2. The van der Waals surface area contributed by atoms with Gasteiger partial charge in [0.1, 0.15) is 12.2 Å². The van der Waals surface area contributed by atoms with E-state index in [9.17, 15) is 0 Å². The van der Waals surface area contributed by atoms with Crippen LogP contribution in [0.15, 0.2) is 31.1 Å². The molecular weight excluding hydrogens is 216 g/mol. The van der Waals surface area contributed by atoms with Gasteiger partial charge in [-0.2, -0.15) is 0 Å². The molecule has 6 nitrogen and oxygen atoms in total. The van der Waals surface area contributed by atoms with E-state index in [0.29, 0.717) is 0 Å². The molecular formula is C11H16N6. The van der Waals surface area contributed by atoms with Crippen LogP contribution in [0.25, 0.3) is 0 Å². The summed E-state index contributed by atoms with van der Waals surface area (Å²) in [6, 6.07) is 0.0490. The van der Waals surface area contributed by atoms with Gasteiger partial charge in [0, 0.05) is 49.9 Å². The van der Waals surface area contributed by atoms with Crippen LogP contribution < -0.4 is 11.3 Å². The van der Waals surface area contributed by atoms with E-state index >= 15 is 0 Å². The number of aryl methyl sites for hydroxylation is 2. The predicted octanol–water partition coefficient (Wildman–Crippen LogP) is 0.347.